The van der Waals surface area contributed by atoms with Crippen LogP contribution in [0.5, 0.6) is 5.75 Å². The highest BCUT2D eigenvalue weighted by Gasteiger charge is 2.31. The molecule has 3 rings (SSSR count). The zero-order chi connectivity index (χ0) is 11.8. The number of ether oxygens (including phenoxy) is 1. The summed E-state index contributed by atoms with van der Waals surface area (Å²) in [6, 6.07) is 7.36. The van der Waals surface area contributed by atoms with Crippen LogP contribution in [0.25, 0.3) is 10.9 Å². The van der Waals surface area contributed by atoms with Gasteiger partial charge in [-0.2, -0.15) is 0 Å². The Bertz CT molecular complexity index is 558. The number of aliphatic hydroxyl groups excluding tert-OH is 1. The third-order valence-electron chi connectivity index (χ3n) is 3.13. The second-order valence-electron chi connectivity index (χ2n) is 4.25. The monoisotopic (exact) mass is 249 g/mol. The quantitative estimate of drug-likeness (QED) is 0.890. The first-order valence-corrected chi connectivity index (χ1v) is 6.01. The number of nitrogens with zero attached hydrogens (tertiary/aromatic N) is 1. The van der Waals surface area contributed by atoms with Gasteiger partial charge in [0.15, 0.2) is 0 Å². The SMILES string of the molecule is O[C@@H]1CC[C@H]1Oc1ccc(Cl)c2cccnc12. The van der Waals surface area contributed by atoms with E-state index in [0.717, 1.165) is 23.7 Å². The van der Waals surface area contributed by atoms with Crippen molar-refractivity contribution in [3.8, 4) is 5.75 Å². The summed E-state index contributed by atoms with van der Waals surface area (Å²) in [5.41, 5.74) is 0.749. The lowest BCUT2D eigenvalue weighted by Gasteiger charge is -2.32. The Morgan fingerprint density at radius 3 is 2.88 bits per heavy atom. The number of benzene rings is 1. The molecule has 4 heteroatoms. The second kappa shape index (κ2) is 4.17. The van der Waals surface area contributed by atoms with E-state index in [0.29, 0.717) is 10.8 Å². The molecule has 0 unspecified atom stereocenters. The Balaban J connectivity index is 2.01. The van der Waals surface area contributed by atoms with Crippen molar-refractivity contribution in [3.05, 3.63) is 35.5 Å². The number of hydrogen-bond donors (Lipinski definition) is 1. The summed E-state index contributed by atoms with van der Waals surface area (Å²) < 4.78 is 5.76. The molecule has 0 amide bonds. The Morgan fingerprint density at radius 1 is 1.29 bits per heavy atom. The molecule has 1 heterocycles. The van der Waals surface area contributed by atoms with Crippen molar-refractivity contribution in [1.82, 2.24) is 4.98 Å². The van der Waals surface area contributed by atoms with Crippen LogP contribution >= 0.6 is 11.6 Å². The van der Waals surface area contributed by atoms with Crippen LogP contribution in [0.4, 0.5) is 0 Å². The molecule has 1 aromatic heterocycles. The second-order valence-corrected chi connectivity index (χ2v) is 4.65. The fraction of sp³-hybridized carbons (Fsp3) is 0.308. The Hall–Kier alpha value is -1.32. The number of rotatable bonds is 2. The fourth-order valence-corrected chi connectivity index (χ4v) is 2.17. The molecule has 0 saturated heterocycles. The summed E-state index contributed by atoms with van der Waals surface area (Å²) in [7, 11) is 0. The Labute approximate surface area is 104 Å². The van der Waals surface area contributed by atoms with Crippen LogP contribution in [0.1, 0.15) is 12.8 Å². The summed E-state index contributed by atoms with van der Waals surface area (Å²) >= 11 is 6.10. The molecule has 0 spiro atoms. The van der Waals surface area contributed by atoms with Gasteiger partial charge in [-0.25, -0.2) is 0 Å². The first-order chi connectivity index (χ1) is 8.25. The molecule has 1 aliphatic carbocycles. The van der Waals surface area contributed by atoms with E-state index in [1.165, 1.54) is 0 Å². The molecular weight excluding hydrogens is 238 g/mol. The largest absolute Gasteiger partial charge is 0.485 e. The van der Waals surface area contributed by atoms with E-state index in [2.05, 4.69) is 4.98 Å². The van der Waals surface area contributed by atoms with Gasteiger partial charge in [0.25, 0.3) is 0 Å². The van der Waals surface area contributed by atoms with E-state index in [9.17, 15) is 5.11 Å². The van der Waals surface area contributed by atoms with Gasteiger partial charge in [-0.3, -0.25) is 4.98 Å². The highest BCUT2D eigenvalue weighted by atomic mass is 35.5. The molecule has 0 bridgehead atoms. The van der Waals surface area contributed by atoms with Crippen molar-refractivity contribution in [2.45, 2.75) is 25.0 Å². The topological polar surface area (TPSA) is 42.4 Å². The number of aliphatic hydroxyl groups is 1. The van der Waals surface area contributed by atoms with E-state index >= 15 is 0 Å². The van der Waals surface area contributed by atoms with Crippen molar-refractivity contribution >= 4 is 22.5 Å². The molecule has 1 aromatic carbocycles. The Morgan fingerprint density at radius 2 is 2.18 bits per heavy atom. The van der Waals surface area contributed by atoms with Gasteiger partial charge in [0.1, 0.15) is 17.4 Å². The molecule has 17 heavy (non-hydrogen) atoms. The third-order valence-corrected chi connectivity index (χ3v) is 3.46. The van der Waals surface area contributed by atoms with E-state index in [1.54, 1.807) is 12.3 Å². The average molecular weight is 250 g/mol. The minimum Gasteiger partial charge on any atom is -0.485 e. The fourth-order valence-electron chi connectivity index (χ4n) is 1.96. The standard InChI is InChI=1S/C13H12ClNO2/c14-9-3-5-12(17-11-6-4-10(11)16)13-8(9)2-1-7-15-13/h1-3,5,7,10-11,16H,4,6H2/t10-,11-/m1/s1. The van der Waals surface area contributed by atoms with Crippen molar-refractivity contribution < 1.29 is 9.84 Å². The van der Waals surface area contributed by atoms with Crippen LogP contribution in [0, 0.1) is 0 Å². The maximum absolute atomic E-state index is 9.52. The summed E-state index contributed by atoms with van der Waals surface area (Å²) in [5.74, 6) is 0.689. The van der Waals surface area contributed by atoms with E-state index in [-0.39, 0.29) is 12.2 Å². The molecule has 3 nitrogen and oxygen atoms in total. The molecule has 1 fully saturated rings. The van der Waals surface area contributed by atoms with Crippen LogP contribution < -0.4 is 4.74 Å². The predicted octanol–water partition coefficient (Wildman–Crippen LogP) is 2.79. The van der Waals surface area contributed by atoms with Gasteiger partial charge in [0.05, 0.1) is 11.1 Å². The lowest BCUT2D eigenvalue weighted by Crippen LogP contribution is -2.41. The van der Waals surface area contributed by atoms with Crippen LogP contribution in [-0.2, 0) is 0 Å². The minimum atomic E-state index is -0.357. The van der Waals surface area contributed by atoms with Gasteiger partial charge in [-0.15, -0.1) is 0 Å². The minimum absolute atomic E-state index is 0.110. The summed E-state index contributed by atoms with van der Waals surface area (Å²) in [4.78, 5) is 4.29. The van der Waals surface area contributed by atoms with Gasteiger partial charge in [0.2, 0.25) is 0 Å². The smallest absolute Gasteiger partial charge is 0.146 e. The van der Waals surface area contributed by atoms with Crippen molar-refractivity contribution in [3.63, 3.8) is 0 Å². The van der Waals surface area contributed by atoms with Crippen LogP contribution in [0.15, 0.2) is 30.5 Å². The molecule has 1 aliphatic rings. The van der Waals surface area contributed by atoms with E-state index in [1.807, 2.05) is 18.2 Å². The molecule has 1 saturated carbocycles. The number of aromatic nitrogens is 1. The highest BCUT2D eigenvalue weighted by Crippen LogP contribution is 2.33. The molecule has 88 valence electrons. The maximum atomic E-state index is 9.52. The van der Waals surface area contributed by atoms with Gasteiger partial charge < -0.3 is 9.84 Å². The molecule has 1 N–H and O–H groups in total. The van der Waals surface area contributed by atoms with Gasteiger partial charge in [0, 0.05) is 11.6 Å². The zero-order valence-corrected chi connectivity index (χ0v) is 9.89. The first kappa shape index (κ1) is 10.8. The summed E-state index contributed by atoms with van der Waals surface area (Å²) in [6.45, 7) is 0. The van der Waals surface area contributed by atoms with Crippen LogP contribution in [-0.4, -0.2) is 22.3 Å². The van der Waals surface area contributed by atoms with Gasteiger partial charge in [-0.05, 0) is 37.1 Å². The van der Waals surface area contributed by atoms with Crippen molar-refractivity contribution in [1.29, 1.82) is 0 Å². The lowest BCUT2D eigenvalue weighted by molar-refractivity contribution is -0.0355. The lowest BCUT2D eigenvalue weighted by atomic mass is 9.92. The number of fused-ring (bicyclic) bond motifs is 1. The molecule has 2 aromatic rings. The maximum Gasteiger partial charge on any atom is 0.146 e. The summed E-state index contributed by atoms with van der Waals surface area (Å²) in [5, 5.41) is 11.1. The van der Waals surface area contributed by atoms with Crippen LogP contribution in [0.3, 0.4) is 0 Å². The highest BCUT2D eigenvalue weighted by molar-refractivity contribution is 6.35. The van der Waals surface area contributed by atoms with Crippen molar-refractivity contribution in [2.75, 3.05) is 0 Å². The number of hydrogen-bond acceptors (Lipinski definition) is 3. The van der Waals surface area contributed by atoms with Crippen LogP contribution in [0.2, 0.25) is 5.02 Å². The average Bonchev–Trinajstić information content (AvgIpc) is 2.36. The molecule has 0 aliphatic heterocycles. The number of halogens is 1. The molecule has 0 radical (unpaired) electrons. The Kier molecular flexibility index (Phi) is 2.65. The number of pyridine rings is 1. The molecule has 2 atom stereocenters. The third kappa shape index (κ3) is 1.85. The normalized spacial score (nSPS) is 23.4. The zero-order valence-electron chi connectivity index (χ0n) is 9.14. The summed E-state index contributed by atoms with van der Waals surface area (Å²) in [6.07, 6.45) is 2.94. The first-order valence-electron chi connectivity index (χ1n) is 5.63. The predicted molar refractivity (Wildman–Crippen MR) is 66.4 cm³/mol. The van der Waals surface area contributed by atoms with Crippen molar-refractivity contribution in [2.24, 2.45) is 0 Å². The van der Waals surface area contributed by atoms with Gasteiger partial charge >= 0.3 is 0 Å². The van der Waals surface area contributed by atoms with Gasteiger partial charge in [-0.1, -0.05) is 11.6 Å². The van der Waals surface area contributed by atoms with E-state index in [4.69, 9.17) is 16.3 Å². The molecular formula is C13H12ClNO2. The van der Waals surface area contributed by atoms with E-state index < -0.39 is 0 Å².